The van der Waals surface area contributed by atoms with Crippen molar-refractivity contribution >= 4 is 22.8 Å². The third-order valence-corrected chi connectivity index (χ3v) is 4.92. The Morgan fingerprint density at radius 3 is 2.57 bits per heavy atom. The predicted molar refractivity (Wildman–Crippen MR) is 108 cm³/mol. The number of H-pyrrole nitrogens is 1. The fraction of sp³-hybridized carbons (Fsp3) is 0.238. The number of methoxy groups -OCH3 is 1. The van der Waals surface area contributed by atoms with Gasteiger partial charge in [0.2, 0.25) is 0 Å². The smallest absolute Gasteiger partial charge is 0.323 e. The Kier molecular flexibility index (Phi) is 5.72. The number of para-hydroxylation sites is 1. The van der Waals surface area contributed by atoms with E-state index in [1.807, 2.05) is 0 Å². The van der Waals surface area contributed by atoms with Crippen molar-refractivity contribution in [2.45, 2.75) is 25.8 Å². The molecule has 0 saturated heterocycles. The van der Waals surface area contributed by atoms with Crippen molar-refractivity contribution in [1.82, 2.24) is 9.55 Å². The Bertz CT molecular complexity index is 1260. The number of esters is 1. The zero-order chi connectivity index (χ0) is 22.0. The number of aromatic nitrogens is 2. The maximum atomic E-state index is 13.1. The second-order valence-electron chi connectivity index (χ2n) is 6.84. The molecule has 0 spiro atoms. The lowest BCUT2D eigenvalue weighted by Crippen LogP contribution is -2.32. The van der Waals surface area contributed by atoms with Gasteiger partial charge in [-0.1, -0.05) is 18.2 Å². The van der Waals surface area contributed by atoms with Crippen LogP contribution in [0.15, 0.2) is 46.0 Å². The van der Waals surface area contributed by atoms with Crippen LogP contribution in [-0.4, -0.2) is 38.8 Å². The van der Waals surface area contributed by atoms with E-state index in [0.717, 1.165) is 4.57 Å². The minimum absolute atomic E-state index is 0.0808. The number of aromatic hydroxyl groups is 1. The standard InChI is InChI=1S/C21H20N2O7/c1-11-7-16(24)19(21(29)23(11)10-17(25)26)13(9-18(27)30-2)14-8-12-5-3-4-6-15(12)22-20(14)28/h3-8,13,24H,9-10H2,1-2H3,(H,22,28)(H,25,26)/t13-/m1/s1. The average Bonchev–Trinajstić information content (AvgIpc) is 2.69. The summed E-state index contributed by atoms with van der Waals surface area (Å²) < 4.78 is 5.68. The van der Waals surface area contributed by atoms with Gasteiger partial charge in [0.05, 0.1) is 19.1 Å². The molecule has 0 amide bonds. The average molecular weight is 412 g/mol. The normalized spacial score (nSPS) is 11.9. The van der Waals surface area contributed by atoms with Crippen LogP contribution in [0.5, 0.6) is 5.75 Å². The van der Waals surface area contributed by atoms with Gasteiger partial charge in [0.25, 0.3) is 11.1 Å². The molecule has 30 heavy (non-hydrogen) atoms. The summed E-state index contributed by atoms with van der Waals surface area (Å²) in [4.78, 5) is 51.8. The number of fused-ring (bicyclic) bond motifs is 1. The van der Waals surface area contributed by atoms with Crippen molar-refractivity contribution in [3.63, 3.8) is 0 Å². The predicted octanol–water partition coefficient (Wildman–Crippen LogP) is 1.48. The van der Waals surface area contributed by atoms with Crippen LogP contribution in [0.2, 0.25) is 0 Å². The highest BCUT2D eigenvalue weighted by Gasteiger charge is 2.29. The number of carbonyl (C=O) groups is 2. The Balaban J connectivity index is 2.30. The Labute approximate surface area is 170 Å². The number of benzene rings is 1. The van der Waals surface area contributed by atoms with Crippen LogP contribution in [0.3, 0.4) is 0 Å². The minimum atomic E-state index is -1.25. The molecule has 3 N–H and O–H groups in total. The van der Waals surface area contributed by atoms with Gasteiger partial charge < -0.3 is 24.5 Å². The van der Waals surface area contributed by atoms with Crippen molar-refractivity contribution in [2.75, 3.05) is 7.11 Å². The van der Waals surface area contributed by atoms with E-state index < -0.39 is 47.7 Å². The van der Waals surface area contributed by atoms with E-state index in [0.29, 0.717) is 10.9 Å². The summed E-state index contributed by atoms with van der Waals surface area (Å²) in [6.07, 6.45) is -0.392. The quantitative estimate of drug-likeness (QED) is 0.521. The molecule has 3 rings (SSSR count). The molecule has 9 heteroatoms. The van der Waals surface area contributed by atoms with Crippen molar-refractivity contribution in [3.8, 4) is 5.75 Å². The topological polar surface area (TPSA) is 139 Å². The van der Waals surface area contributed by atoms with Gasteiger partial charge in [-0.3, -0.25) is 19.2 Å². The summed E-state index contributed by atoms with van der Waals surface area (Å²) in [5, 5.41) is 20.3. The lowest BCUT2D eigenvalue weighted by molar-refractivity contribution is -0.141. The summed E-state index contributed by atoms with van der Waals surface area (Å²) in [6.45, 7) is 0.850. The number of hydrogen-bond donors (Lipinski definition) is 3. The monoisotopic (exact) mass is 412 g/mol. The zero-order valence-corrected chi connectivity index (χ0v) is 16.3. The number of carboxylic acid groups (broad SMARTS) is 1. The molecule has 0 bridgehead atoms. The molecule has 0 aliphatic heterocycles. The van der Waals surface area contributed by atoms with E-state index >= 15 is 0 Å². The fourth-order valence-electron chi connectivity index (χ4n) is 3.47. The molecule has 9 nitrogen and oxygen atoms in total. The van der Waals surface area contributed by atoms with Crippen LogP contribution in [0.4, 0.5) is 0 Å². The van der Waals surface area contributed by atoms with E-state index in [4.69, 9.17) is 9.84 Å². The third kappa shape index (κ3) is 3.95. The molecule has 0 aliphatic carbocycles. The number of pyridine rings is 2. The molecule has 0 radical (unpaired) electrons. The van der Waals surface area contributed by atoms with Crippen LogP contribution in [-0.2, 0) is 20.9 Å². The number of aromatic amines is 1. The van der Waals surface area contributed by atoms with Gasteiger partial charge in [0, 0.05) is 22.7 Å². The molecule has 0 unspecified atom stereocenters. The number of ether oxygens (including phenoxy) is 1. The van der Waals surface area contributed by atoms with E-state index in [9.17, 15) is 24.3 Å². The maximum Gasteiger partial charge on any atom is 0.323 e. The highest BCUT2D eigenvalue weighted by molar-refractivity contribution is 5.79. The van der Waals surface area contributed by atoms with E-state index in [1.54, 1.807) is 30.3 Å². The van der Waals surface area contributed by atoms with Crippen molar-refractivity contribution in [1.29, 1.82) is 0 Å². The van der Waals surface area contributed by atoms with Crippen LogP contribution < -0.4 is 11.1 Å². The molecule has 0 fully saturated rings. The van der Waals surface area contributed by atoms with E-state index in [2.05, 4.69) is 4.98 Å². The lowest BCUT2D eigenvalue weighted by Gasteiger charge is -2.19. The number of rotatable bonds is 6. The molecule has 2 aromatic heterocycles. The molecule has 1 aromatic carbocycles. The number of hydrogen-bond acceptors (Lipinski definition) is 6. The number of nitrogens with zero attached hydrogens (tertiary/aromatic N) is 1. The number of aryl methyl sites for hydroxylation is 1. The summed E-state index contributed by atoms with van der Waals surface area (Å²) in [5.41, 5.74) is -0.694. The molecule has 0 saturated carbocycles. The molecule has 2 heterocycles. The summed E-state index contributed by atoms with van der Waals surface area (Å²) in [6, 6.07) is 9.76. The van der Waals surface area contributed by atoms with Gasteiger partial charge >= 0.3 is 11.9 Å². The highest BCUT2D eigenvalue weighted by Crippen LogP contribution is 2.31. The number of aliphatic carboxylic acids is 1. The van der Waals surface area contributed by atoms with Crippen LogP contribution in [0.25, 0.3) is 10.9 Å². The van der Waals surface area contributed by atoms with Crippen molar-refractivity contribution in [3.05, 3.63) is 73.9 Å². The van der Waals surface area contributed by atoms with Crippen molar-refractivity contribution < 1.29 is 24.5 Å². The van der Waals surface area contributed by atoms with Gasteiger partial charge in [-0.05, 0) is 30.5 Å². The van der Waals surface area contributed by atoms with Crippen molar-refractivity contribution in [2.24, 2.45) is 0 Å². The maximum absolute atomic E-state index is 13.1. The Morgan fingerprint density at radius 1 is 1.20 bits per heavy atom. The van der Waals surface area contributed by atoms with Gasteiger partial charge in [-0.2, -0.15) is 0 Å². The first-order chi connectivity index (χ1) is 14.2. The van der Waals surface area contributed by atoms with Gasteiger partial charge in [-0.15, -0.1) is 0 Å². The Morgan fingerprint density at radius 2 is 1.90 bits per heavy atom. The third-order valence-electron chi connectivity index (χ3n) is 4.92. The molecular weight excluding hydrogens is 392 g/mol. The lowest BCUT2D eigenvalue weighted by atomic mass is 9.88. The molecule has 156 valence electrons. The second-order valence-corrected chi connectivity index (χ2v) is 6.84. The zero-order valence-electron chi connectivity index (χ0n) is 16.3. The molecule has 1 atom stereocenters. The van der Waals surface area contributed by atoms with Gasteiger partial charge in [0.15, 0.2) is 0 Å². The number of carbonyl (C=O) groups excluding carboxylic acids is 1. The first-order valence-corrected chi connectivity index (χ1v) is 9.06. The van der Waals surface area contributed by atoms with Crippen LogP contribution >= 0.6 is 0 Å². The van der Waals surface area contributed by atoms with E-state index in [-0.39, 0.29) is 16.8 Å². The largest absolute Gasteiger partial charge is 0.507 e. The number of nitrogens with one attached hydrogen (secondary N) is 1. The van der Waals surface area contributed by atoms with E-state index in [1.165, 1.54) is 20.1 Å². The van der Waals surface area contributed by atoms with Gasteiger partial charge in [0.1, 0.15) is 12.3 Å². The summed E-state index contributed by atoms with van der Waals surface area (Å²) in [7, 11) is 1.17. The molecule has 3 aromatic rings. The molecular formula is C21H20N2O7. The number of carboxylic acids is 1. The minimum Gasteiger partial charge on any atom is -0.507 e. The van der Waals surface area contributed by atoms with Crippen LogP contribution in [0, 0.1) is 6.92 Å². The second kappa shape index (κ2) is 8.24. The highest BCUT2D eigenvalue weighted by atomic mass is 16.5. The Hall–Kier alpha value is -3.88. The fourth-order valence-corrected chi connectivity index (χ4v) is 3.47. The summed E-state index contributed by atoms with van der Waals surface area (Å²) >= 11 is 0. The molecule has 0 aliphatic rings. The first-order valence-electron chi connectivity index (χ1n) is 9.06. The summed E-state index contributed by atoms with van der Waals surface area (Å²) in [5.74, 6) is -3.51. The van der Waals surface area contributed by atoms with Gasteiger partial charge in [-0.25, -0.2) is 0 Å². The van der Waals surface area contributed by atoms with Crippen LogP contribution in [0.1, 0.15) is 29.2 Å². The SMILES string of the molecule is COC(=O)C[C@H](c1cc2ccccc2[nH]c1=O)c1c(O)cc(C)n(CC(=O)O)c1=O. The first kappa shape index (κ1) is 20.8.